The van der Waals surface area contributed by atoms with Crippen LogP contribution in [0.15, 0.2) is 36.4 Å². The Morgan fingerprint density at radius 1 is 1.14 bits per heavy atom. The van der Waals surface area contributed by atoms with Crippen LogP contribution in [0.1, 0.15) is 11.1 Å². The Hall–Kier alpha value is -2.68. The maximum atomic E-state index is 13.9. The molecule has 6 nitrogen and oxygen atoms in total. The van der Waals surface area contributed by atoms with Crippen molar-refractivity contribution in [1.29, 1.82) is 0 Å². The molecule has 28 heavy (non-hydrogen) atoms. The van der Waals surface area contributed by atoms with Gasteiger partial charge in [0.05, 0.1) is 18.5 Å². The van der Waals surface area contributed by atoms with E-state index in [0.717, 1.165) is 29.5 Å². The lowest BCUT2D eigenvalue weighted by molar-refractivity contribution is -0.119. The predicted octanol–water partition coefficient (Wildman–Crippen LogP) is 2.54. The van der Waals surface area contributed by atoms with Crippen molar-refractivity contribution < 1.29 is 26.7 Å². The van der Waals surface area contributed by atoms with Crippen LogP contribution in [0.5, 0.6) is 5.75 Å². The van der Waals surface area contributed by atoms with Crippen LogP contribution in [-0.2, 0) is 14.8 Å². The number of carbonyl (C=O) groups excluding carboxylic acids is 1. The van der Waals surface area contributed by atoms with Crippen LogP contribution in [0.25, 0.3) is 0 Å². The summed E-state index contributed by atoms with van der Waals surface area (Å²) in [5.74, 6) is -1.86. The number of nitrogens with one attached hydrogen (secondary N) is 1. The molecule has 0 aliphatic carbocycles. The summed E-state index contributed by atoms with van der Waals surface area (Å²) in [6.07, 6.45) is 0.840. The molecule has 2 aromatic rings. The molecular weight excluding hydrogens is 390 g/mol. The number of anilines is 1. The van der Waals surface area contributed by atoms with E-state index in [1.165, 1.54) is 0 Å². The minimum Gasteiger partial charge on any atom is -0.491 e. The number of benzene rings is 2. The Labute approximate surface area is 163 Å². The lowest BCUT2D eigenvalue weighted by atomic mass is 10.1. The summed E-state index contributed by atoms with van der Waals surface area (Å²) in [4.78, 5) is 12.1. The summed E-state index contributed by atoms with van der Waals surface area (Å²) >= 11 is 0. The Balaban J connectivity index is 1.96. The van der Waals surface area contributed by atoms with Gasteiger partial charge in [0, 0.05) is 6.07 Å². The Bertz CT molecular complexity index is 964. The van der Waals surface area contributed by atoms with Gasteiger partial charge in [-0.3, -0.25) is 9.10 Å². The van der Waals surface area contributed by atoms with Crippen molar-refractivity contribution in [3.63, 3.8) is 0 Å². The van der Waals surface area contributed by atoms with E-state index in [1.54, 1.807) is 0 Å². The maximum absolute atomic E-state index is 13.9. The zero-order chi connectivity index (χ0) is 20.9. The molecule has 0 spiro atoms. The highest BCUT2D eigenvalue weighted by Gasteiger charge is 2.23. The summed E-state index contributed by atoms with van der Waals surface area (Å²) in [5.41, 5.74) is 1.59. The van der Waals surface area contributed by atoms with Gasteiger partial charge in [0.1, 0.15) is 30.5 Å². The molecule has 0 bridgehead atoms. The molecule has 1 amide bonds. The predicted molar refractivity (Wildman–Crippen MR) is 103 cm³/mol. The van der Waals surface area contributed by atoms with Crippen LogP contribution in [0.3, 0.4) is 0 Å². The fourth-order valence-corrected chi connectivity index (χ4v) is 3.32. The minimum absolute atomic E-state index is 0.135. The number of rotatable bonds is 8. The molecule has 0 atom stereocenters. The van der Waals surface area contributed by atoms with Gasteiger partial charge in [0.15, 0.2) is 0 Å². The molecule has 1 N–H and O–H groups in total. The lowest BCUT2D eigenvalue weighted by Gasteiger charge is -2.22. The second-order valence-corrected chi connectivity index (χ2v) is 8.24. The van der Waals surface area contributed by atoms with Gasteiger partial charge in [-0.2, -0.15) is 0 Å². The first-order chi connectivity index (χ1) is 13.1. The first-order valence-corrected chi connectivity index (χ1v) is 10.3. The quantitative estimate of drug-likeness (QED) is 0.676. The van der Waals surface area contributed by atoms with Crippen molar-refractivity contribution in [2.24, 2.45) is 0 Å². The number of ether oxygens (including phenoxy) is 1. The van der Waals surface area contributed by atoms with E-state index >= 15 is 0 Å². The van der Waals surface area contributed by atoms with Crippen LogP contribution >= 0.6 is 0 Å². The minimum atomic E-state index is -3.95. The normalized spacial score (nSPS) is 11.2. The Morgan fingerprint density at radius 2 is 1.86 bits per heavy atom. The number of sulfonamides is 1. The third-order valence-electron chi connectivity index (χ3n) is 3.89. The smallest absolute Gasteiger partial charge is 0.240 e. The standard InChI is InChI=1S/C19H22F2N2O4S/c1-13-4-5-14(2)18(10-13)27-9-8-22-19(24)12-23(28(3,25)26)17-7-6-15(20)11-16(17)21/h4-7,10-11H,8-9,12H2,1-3H3,(H,22,24). The highest BCUT2D eigenvalue weighted by atomic mass is 32.2. The lowest BCUT2D eigenvalue weighted by Crippen LogP contribution is -2.41. The van der Waals surface area contributed by atoms with Gasteiger partial charge < -0.3 is 10.1 Å². The van der Waals surface area contributed by atoms with Gasteiger partial charge in [0.25, 0.3) is 0 Å². The molecule has 0 aliphatic rings. The maximum Gasteiger partial charge on any atom is 0.240 e. The molecule has 0 saturated heterocycles. The summed E-state index contributed by atoms with van der Waals surface area (Å²) in [6, 6.07) is 8.21. The van der Waals surface area contributed by atoms with Crippen molar-refractivity contribution in [2.45, 2.75) is 13.8 Å². The molecule has 0 heterocycles. The van der Waals surface area contributed by atoms with Gasteiger partial charge in [-0.05, 0) is 43.2 Å². The molecule has 9 heteroatoms. The van der Waals surface area contributed by atoms with Crippen molar-refractivity contribution >= 4 is 21.6 Å². The van der Waals surface area contributed by atoms with Crippen molar-refractivity contribution in [3.05, 3.63) is 59.2 Å². The zero-order valence-electron chi connectivity index (χ0n) is 15.8. The van der Waals surface area contributed by atoms with E-state index < -0.39 is 39.8 Å². The van der Waals surface area contributed by atoms with E-state index in [1.807, 2.05) is 32.0 Å². The summed E-state index contributed by atoms with van der Waals surface area (Å²) in [6.45, 7) is 3.51. The molecular formula is C19H22F2N2O4S. The number of carbonyl (C=O) groups is 1. The van der Waals surface area contributed by atoms with Crippen molar-refractivity contribution in [3.8, 4) is 5.75 Å². The number of amides is 1. The molecule has 0 radical (unpaired) electrons. The van der Waals surface area contributed by atoms with Crippen LogP contribution in [0.4, 0.5) is 14.5 Å². The summed E-state index contributed by atoms with van der Waals surface area (Å²) in [5, 5.41) is 2.52. The van der Waals surface area contributed by atoms with Crippen molar-refractivity contribution in [2.75, 3.05) is 30.3 Å². The second-order valence-electron chi connectivity index (χ2n) is 6.33. The van der Waals surface area contributed by atoms with E-state index in [2.05, 4.69) is 5.32 Å². The number of hydrogen-bond acceptors (Lipinski definition) is 4. The zero-order valence-corrected chi connectivity index (χ0v) is 16.6. The fourth-order valence-electron chi connectivity index (χ4n) is 2.47. The van der Waals surface area contributed by atoms with Crippen LogP contribution in [-0.4, -0.2) is 40.3 Å². The average molecular weight is 412 g/mol. The second kappa shape index (κ2) is 9.01. The van der Waals surface area contributed by atoms with E-state index in [-0.39, 0.29) is 13.2 Å². The molecule has 0 aliphatic heterocycles. The number of nitrogens with zero attached hydrogens (tertiary/aromatic N) is 1. The van der Waals surface area contributed by atoms with E-state index in [0.29, 0.717) is 16.1 Å². The fraction of sp³-hybridized carbons (Fsp3) is 0.316. The molecule has 0 unspecified atom stereocenters. The molecule has 0 aromatic heterocycles. The van der Waals surface area contributed by atoms with Crippen LogP contribution in [0.2, 0.25) is 0 Å². The van der Waals surface area contributed by atoms with Crippen molar-refractivity contribution in [1.82, 2.24) is 5.32 Å². The largest absolute Gasteiger partial charge is 0.491 e. The van der Waals surface area contributed by atoms with Gasteiger partial charge in [-0.1, -0.05) is 12.1 Å². The van der Waals surface area contributed by atoms with Crippen LogP contribution in [0, 0.1) is 25.5 Å². The van der Waals surface area contributed by atoms with Gasteiger partial charge in [0.2, 0.25) is 15.9 Å². The number of aryl methyl sites for hydroxylation is 2. The summed E-state index contributed by atoms with van der Waals surface area (Å²) < 4.78 is 57.1. The molecule has 0 saturated carbocycles. The number of halogens is 2. The van der Waals surface area contributed by atoms with E-state index in [9.17, 15) is 22.0 Å². The Morgan fingerprint density at radius 3 is 2.50 bits per heavy atom. The Kier molecular flexibility index (Phi) is 6.95. The van der Waals surface area contributed by atoms with Gasteiger partial charge in [-0.25, -0.2) is 17.2 Å². The van der Waals surface area contributed by atoms with Crippen LogP contribution < -0.4 is 14.4 Å². The SMILES string of the molecule is Cc1ccc(C)c(OCCNC(=O)CN(c2ccc(F)cc2F)S(C)(=O)=O)c1. The monoisotopic (exact) mass is 412 g/mol. The molecule has 0 fully saturated rings. The van der Waals surface area contributed by atoms with E-state index in [4.69, 9.17) is 4.74 Å². The van der Waals surface area contributed by atoms with Gasteiger partial charge in [-0.15, -0.1) is 0 Å². The first-order valence-electron chi connectivity index (χ1n) is 8.47. The molecule has 2 aromatic carbocycles. The number of hydrogen-bond donors (Lipinski definition) is 1. The first kappa shape index (κ1) is 21.6. The van der Waals surface area contributed by atoms with Gasteiger partial charge >= 0.3 is 0 Å². The highest BCUT2D eigenvalue weighted by Crippen LogP contribution is 2.22. The third kappa shape index (κ3) is 5.91. The third-order valence-corrected chi connectivity index (χ3v) is 5.02. The highest BCUT2D eigenvalue weighted by molar-refractivity contribution is 7.92. The average Bonchev–Trinajstić information content (AvgIpc) is 2.59. The summed E-state index contributed by atoms with van der Waals surface area (Å²) in [7, 11) is -3.95. The molecule has 2 rings (SSSR count). The molecule has 152 valence electrons. The topological polar surface area (TPSA) is 75.7 Å².